The van der Waals surface area contributed by atoms with Crippen LogP contribution in [0.5, 0.6) is 0 Å². The summed E-state index contributed by atoms with van der Waals surface area (Å²) in [4.78, 5) is 13.8. The third kappa shape index (κ3) is 3.46. The average molecular weight is 180 g/mol. The summed E-state index contributed by atoms with van der Waals surface area (Å²) in [6.45, 7) is 4.14. The first-order chi connectivity index (χ1) is 6.33. The zero-order chi connectivity index (χ0) is 9.52. The van der Waals surface area contributed by atoms with E-state index in [4.69, 9.17) is 4.74 Å². The second-order valence-corrected chi connectivity index (χ2v) is 2.46. The van der Waals surface area contributed by atoms with Crippen LogP contribution in [0.1, 0.15) is 5.56 Å². The van der Waals surface area contributed by atoms with Crippen molar-refractivity contribution >= 4 is 6.09 Å². The van der Waals surface area contributed by atoms with Gasteiger partial charge in [-0.2, -0.15) is 0 Å². The van der Waals surface area contributed by atoms with Crippen LogP contribution in [-0.2, 0) is 11.3 Å². The minimum absolute atomic E-state index is 0.235. The molecule has 4 heteroatoms. The van der Waals surface area contributed by atoms with E-state index < -0.39 is 6.09 Å². The molecule has 0 fully saturated rings. The zero-order valence-corrected chi connectivity index (χ0v) is 7.25. The molecule has 70 valence electrons. The maximum atomic E-state index is 10.9. The van der Waals surface area contributed by atoms with E-state index in [1.807, 2.05) is 12.3 Å². The van der Waals surface area contributed by atoms with Gasteiger partial charge in [0.15, 0.2) is 0 Å². The van der Waals surface area contributed by atoms with Gasteiger partial charge in [0.25, 0.3) is 0 Å². The molecular weight excluding hydrogens is 168 g/mol. The Morgan fingerprint density at radius 2 is 2.62 bits per heavy atom. The predicted octanol–water partition coefficient (Wildman–Crippen LogP) is 1.43. The van der Waals surface area contributed by atoms with Crippen molar-refractivity contribution < 1.29 is 9.53 Å². The highest BCUT2D eigenvalue weighted by Crippen LogP contribution is 1.94. The Bertz CT molecular complexity index is 267. The monoisotopic (exact) mass is 180 g/mol. The predicted molar refractivity (Wildman–Crippen MR) is 49.2 cm³/mol. The van der Waals surface area contributed by atoms with Crippen LogP contribution in [0.4, 0.5) is 4.79 Å². The molecule has 1 heterocycles. The minimum atomic E-state index is -0.430. The number of carbonyl (C=O) groups is 1. The summed E-state index contributed by atoms with van der Waals surface area (Å²) in [7, 11) is 0. The maximum absolute atomic E-state index is 10.9. The van der Waals surface area contributed by atoms with Crippen molar-refractivity contribution in [1.29, 1.82) is 0 Å². The smallest absolute Gasteiger partial charge is 0.407 e. The molecule has 0 spiro atoms. The fraction of sp³-hybridized carbons (Fsp3) is 0.222. The number of hydrogen-bond acceptors (Lipinski definition) is 2. The number of alkyl carbamates (subject to hydrolysis) is 1. The maximum Gasteiger partial charge on any atom is 0.407 e. The van der Waals surface area contributed by atoms with Gasteiger partial charge in [-0.25, -0.2) is 4.79 Å². The normalized spacial score (nSPS) is 9.23. The third-order valence-corrected chi connectivity index (χ3v) is 1.43. The first kappa shape index (κ1) is 9.38. The standard InChI is InChI=1S/C9H12N2O2/c1-2-5-13-9(12)11-7-8-3-4-10-6-8/h2-4,6,10H,1,5,7H2,(H,11,12). The van der Waals surface area contributed by atoms with Crippen molar-refractivity contribution in [2.24, 2.45) is 0 Å². The summed E-state index contributed by atoms with van der Waals surface area (Å²) in [5.41, 5.74) is 1.01. The Labute approximate surface area is 76.6 Å². The van der Waals surface area contributed by atoms with Crippen LogP contribution in [0, 0.1) is 0 Å². The topological polar surface area (TPSA) is 54.1 Å². The van der Waals surface area contributed by atoms with Gasteiger partial charge in [-0.3, -0.25) is 0 Å². The van der Waals surface area contributed by atoms with Gasteiger partial charge in [-0.1, -0.05) is 12.7 Å². The number of aromatic nitrogens is 1. The van der Waals surface area contributed by atoms with E-state index in [-0.39, 0.29) is 6.61 Å². The van der Waals surface area contributed by atoms with Crippen molar-refractivity contribution in [3.05, 3.63) is 36.7 Å². The number of rotatable bonds is 4. The van der Waals surface area contributed by atoms with E-state index in [1.54, 1.807) is 6.20 Å². The number of amides is 1. The second-order valence-electron chi connectivity index (χ2n) is 2.46. The Kier molecular flexibility index (Phi) is 3.63. The van der Waals surface area contributed by atoms with E-state index in [2.05, 4.69) is 16.9 Å². The lowest BCUT2D eigenvalue weighted by atomic mass is 10.3. The molecule has 0 bridgehead atoms. The minimum Gasteiger partial charge on any atom is -0.445 e. The van der Waals surface area contributed by atoms with Crippen molar-refractivity contribution in [1.82, 2.24) is 10.3 Å². The van der Waals surface area contributed by atoms with Crippen molar-refractivity contribution in [2.75, 3.05) is 6.61 Å². The number of H-pyrrole nitrogens is 1. The molecule has 1 amide bonds. The van der Waals surface area contributed by atoms with Crippen LogP contribution in [0.15, 0.2) is 31.1 Å². The highest BCUT2D eigenvalue weighted by molar-refractivity contribution is 5.67. The molecule has 0 aliphatic heterocycles. The molecular formula is C9H12N2O2. The van der Waals surface area contributed by atoms with Gasteiger partial charge >= 0.3 is 6.09 Å². The molecule has 0 aromatic carbocycles. The van der Waals surface area contributed by atoms with E-state index in [9.17, 15) is 4.79 Å². The molecule has 0 saturated heterocycles. The SMILES string of the molecule is C=CCOC(=O)NCc1cc[nH]c1. The Hall–Kier alpha value is -1.71. The Morgan fingerprint density at radius 3 is 3.23 bits per heavy atom. The van der Waals surface area contributed by atoms with Crippen LogP contribution in [0.3, 0.4) is 0 Å². The third-order valence-electron chi connectivity index (χ3n) is 1.43. The molecule has 0 radical (unpaired) electrons. The van der Waals surface area contributed by atoms with Crippen molar-refractivity contribution in [3.8, 4) is 0 Å². The van der Waals surface area contributed by atoms with Crippen molar-refractivity contribution in [2.45, 2.75) is 6.54 Å². The second kappa shape index (κ2) is 5.03. The lowest BCUT2D eigenvalue weighted by molar-refractivity contribution is 0.158. The molecule has 0 aliphatic carbocycles. The van der Waals surface area contributed by atoms with Gasteiger partial charge in [0.05, 0.1) is 0 Å². The van der Waals surface area contributed by atoms with E-state index >= 15 is 0 Å². The van der Waals surface area contributed by atoms with Crippen LogP contribution in [0.25, 0.3) is 0 Å². The van der Waals surface area contributed by atoms with Gasteiger partial charge in [-0.05, 0) is 11.6 Å². The number of carbonyl (C=O) groups excluding carboxylic acids is 1. The number of hydrogen-bond donors (Lipinski definition) is 2. The summed E-state index contributed by atoms with van der Waals surface area (Å²) < 4.78 is 4.71. The molecule has 4 nitrogen and oxygen atoms in total. The van der Waals surface area contributed by atoms with Gasteiger partial charge in [0, 0.05) is 18.9 Å². The summed E-state index contributed by atoms with van der Waals surface area (Å²) in [5.74, 6) is 0. The van der Waals surface area contributed by atoms with Crippen molar-refractivity contribution in [3.63, 3.8) is 0 Å². The van der Waals surface area contributed by atoms with Gasteiger partial charge in [0.2, 0.25) is 0 Å². The summed E-state index contributed by atoms with van der Waals surface area (Å²) in [6, 6.07) is 1.88. The lowest BCUT2D eigenvalue weighted by Gasteiger charge is -2.02. The molecule has 0 aliphatic rings. The summed E-state index contributed by atoms with van der Waals surface area (Å²) in [6.07, 6.45) is 4.71. The quantitative estimate of drug-likeness (QED) is 0.688. The molecule has 1 aromatic heterocycles. The molecule has 1 rings (SSSR count). The number of aromatic amines is 1. The molecule has 2 N–H and O–H groups in total. The van der Waals surface area contributed by atoms with E-state index in [0.29, 0.717) is 6.54 Å². The van der Waals surface area contributed by atoms with Crippen LogP contribution in [-0.4, -0.2) is 17.7 Å². The Balaban J connectivity index is 2.19. The molecule has 0 atom stereocenters. The number of nitrogens with one attached hydrogen (secondary N) is 2. The fourth-order valence-corrected chi connectivity index (χ4v) is 0.828. The van der Waals surface area contributed by atoms with Crippen LogP contribution >= 0.6 is 0 Å². The first-order valence-electron chi connectivity index (χ1n) is 3.96. The highest BCUT2D eigenvalue weighted by Gasteiger charge is 1.99. The first-order valence-corrected chi connectivity index (χ1v) is 3.96. The summed E-state index contributed by atoms with van der Waals surface area (Å²) >= 11 is 0. The molecule has 1 aromatic rings. The fourth-order valence-electron chi connectivity index (χ4n) is 0.828. The molecule has 13 heavy (non-hydrogen) atoms. The van der Waals surface area contributed by atoms with Crippen LogP contribution in [0.2, 0.25) is 0 Å². The van der Waals surface area contributed by atoms with Crippen LogP contribution < -0.4 is 5.32 Å². The van der Waals surface area contributed by atoms with Gasteiger partial charge in [0.1, 0.15) is 6.61 Å². The lowest BCUT2D eigenvalue weighted by Crippen LogP contribution is -2.23. The van der Waals surface area contributed by atoms with Gasteiger partial charge < -0.3 is 15.0 Å². The molecule has 0 unspecified atom stereocenters. The molecule has 0 saturated carbocycles. The van der Waals surface area contributed by atoms with Gasteiger partial charge in [-0.15, -0.1) is 0 Å². The Morgan fingerprint density at radius 1 is 1.77 bits per heavy atom. The summed E-state index contributed by atoms with van der Waals surface area (Å²) in [5, 5.41) is 2.59. The largest absolute Gasteiger partial charge is 0.445 e. The zero-order valence-electron chi connectivity index (χ0n) is 7.25. The van der Waals surface area contributed by atoms with E-state index in [0.717, 1.165) is 5.56 Å². The van der Waals surface area contributed by atoms with E-state index in [1.165, 1.54) is 6.08 Å². The average Bonchev–Trinajstić information content (AvgIpc) is 2.64. The number of ether oxygens (including phenoxy) is 1. The highest BCUT2D eigenvalue weighted by atomic mass is 16.5.